The van der Waals surface area contributed by atoms with Gasteiger partial charge in [-0.2, -0.15) is 0 Å². The van der Waals surface area contributed by atoms with Crippen molar-refractivity contribution in [3.8, 4) is 0 Å². The van der Waals surface area contributed by atoms with E-state index in [1.54, 1.807) is 0 Å². The Morgan fingerprint density at radius 2 is 1.53 bits per heavy atom. The van der Waals surface area contributed by atoms with Gasteiger partial charge in [0.25, 0.3) is 0 Å². The summed E-state index contributed by atoms with van der Waals surface area (Å²) in [6.07, 6.45) is 22.7. The Bertz CT molecular complexity index is 2300. The average Bonchev–Trinajstić information content (AvgIpc) is 3.99. The first-order chi connectivity index (χ1) is 30.6. The number of nitrogens with zero attached hydrogens (tertiary/aromatic N) is 3. The summed E-state index contributed by atoms with van der Waals surface area (Å²) in [5.74, 6) is -0.00640. The maximum Gasteiger partial charge on any atom is 0.321 e. The molecule has 0 saturated carbocycles. The van der Waals surface area contributed by atoms with Gasteiger partial charge in [0, 0.05) is 46.4 Å². The van der Waals surface area contributed by atoms with Gasteiger partial charge in [-0.15, -0.1) is 0 Å². The third-order valence-electron chi connectivity index (χ3n) is 14.3. The molecule has 2 N–H and O–H groups in total. The highest BCUT2D eigenvalue weighted by molar-refractivity contribution is 6.24. The minimum Gasteiger partial charge on any atom is -0.510 e. The van der Waals surface area contributed by atoms with Crippen molar-refractivity contribution < 1.29 is 24.2 Å². The Balaban J connectivity index is 1.20. The smallest absolute Gasteiger partial charge is 0.321 e. The average molecular weight is 871 g/mol. The first-order valence-corrected chi connectivity index (χ1v) is 24.1. The molecule has 6 rings (SSSR count). The van der Waals surface area contributed by atoms with Crippen molar-refractivity contribution in [3.05, 3.63) is 116 Å². The van der Waals surface area contributed by atoms with Crippen LogP contribution < -0.4 is 5.32 Å². The molecule has 344 valence electrons. The number of rotatable bonds is 20. The Morgan fingerprint density at radius 3 is 2.19 bits per heavy atom. The van der Waals surface area contributed by atoms with E-state index in [2.05, 4.69) is 79.4 Å². The van der Waals surface area contributed by atoms with E-state index in [4.69, 9.17) is 24.5 Å². The number of esters is 2. The van der Waals surface area contributed by atoms with Crippen LogP contribution in [0.4, 0.5) is 0 Å². The lowest BCUT2D eigenvalue weighted by atomic mass is 9.84. The minimum atomic E-state index is -1.08. The van der Waals surface area contributed by atoms with Crippen molar-refractivity contribution >= 4 is 29.1 Å². The molecule has 1 aliphatic carbocycles. The van der Waals surface area contributed by atoms with Gasteiger partial charge in [-0.05, 0) is 118 Å². The summed E-state index contributed by atoms with van der Waals surface area (Å²) in [5, 5.41) is 15.6. The van der Waals surface area contributed by atoms with Crippen LogP contribution in [-0.2, 0) is 19.1 Å². The number of allylic oxidation sites excluding steroid dienone is 12. The molecule has 5 aliphatic heterocycles. The molecule has 0 radical (unpaired) electrons. The quantitative estimate of drug-likeness (QED) is 0.0928. The normalized spacial score (nSPS) is 22.8. The molecule has 6 aliphatic rings. The van der Waals surface area contributed by atoms with Gasteiger partial charge in [0.05, 0.1) is 41.3 Å². The van der Waals surface area contributed by atoms with Crippen molar-refractivity contribution in [2.75, 3.05) is 13.7 Å². The number of ether oxygens (including phenoxy) is 2. The molecule has 0 aromatic carbocycles. The molecule has 0 unspecified atom stereocenters. The number of aliphatic hydroxyl groups excluding tert-OH is 1. The Labute approximate surface area is 383 Å². The van der Waals surface area contributed by atoms with E-state index in [0.717, 1.165) is 93.4 Å². The molecule has 9 nitrogen and oxygen atoms in total. The molecular weight excluding hydrogens is 797 g/mol. The topological polar surface area (TPSA) is 122 Å². The van der Waals surface area contributed by atoms with E-state index in [9.17, 15) is 14.7 Å². The summed E-state index contributed by atoms with van der Waals surface area (Å²) in [6.45, 7) is 26.2. The van der Waals surface area contributed by atoms with Gasteiger partial charge < -0.3 is 19.9 Å². The van der Waals surface area contributed by atoms with Gasteiger partial charge in [-0.1, -0.05) is 105 Å². The Kier molecular flexibility index (Phi) is 16.1. The summed E-state index contributed by atoms with van der Waals surface area (Å²) < 4.78 is 11.1. The molecule has 1 saturated heterocycles. The SMILES string of the molecule is C=CC1=C(C)C2=NC1=CC1=C(C)C3=C(O)[C@H](C(=O)OC)C(=C4NC(=CC5=NC(=C2)C(CC)=C5C)[C@@H](C)[C@@H]4CCC(=O)OC/C=C(\C)CCC[C@H](C)CCC[C@H](C)CCCC(C)C)C3=N1. The molecule has 1 fully saturated rings. The van der Waals surface area contributed by atoms with Crippen LogP contribution in [0, 0.1) is 35.5 Å². The fourth-order valence-corrected chi connectivity index (χ4v) is 10.2. The highest BCUT2D eigenvalue weighted by atomic mass is 16.5. The monoisotopic (exact) mass is 871 g/mol. The maximum atomic E-state index is 13.6. The lowest BCUT2D eigenvalue weighted by Gasteiger charge is -2.20. The first-order valence-electron chi connectivity index (χ1n) is 24.1. The molecule has 0 amide bonds. The van der Waals surface area contributed by atoms with Crippen LogP contribution in [0.1, 0.15) is 146 Å². The molecule has 0 spiro atoms. The van der Waals surface area contributed by atoms with E-state index >= 15 is 0 Å². The van der Waals surface area contributed by atoms with Crippen LogP contribution >= 0.6 is 0 Å². The fourth-order valence-electron chi connectivity index (χ4n) is 10.2. The van der Waals surface area contributed by atoms with Crippen molar-refractivity contribution in [1.82, 2.24) is 5.32 Å². The molecule has 0 aromatic rings. The summed E-state index contributed by atoms with van der Waals surface area (Å²) in [7, 11) is 1.33. The molecular formula is C55H74N4O5. The lowest BCUT2D eigenvalue weighted by molar-refractivity contribution is -0.144. The fraction of sp³-hybridized carbons (Fsp3) is 0.545. The summed E-state index contributed by atoms with van der Waals surface area (Å²) in [4.78, 5) is 42.4. The second kappa shape index (κ2) is 21.3. The van der Waals surface area contributed by atoms with Gasteiger partial charge >= 0.3 is 11.9 Å². The zero-order valence-corrected chi connectivity index (χ0v) is 40.7. The van der Waals surface area contributed by atoms with E-state index in [1.807, 2.05) is 32.1 Å². The predicted octanol–water partition coefficient (Wildman–Crippen LogP) is 13.0. The number of aliphatic imine (C=N–C) groups is 3. The zero-order chi connectivity index (χ0) is 46.4. The van der Waals surface area contributed by atoms with Gasteiger partial charge in [0.15, 0.2) is 0 Å². The molecule has 8 bridgehead atoms. The van der Waals surface area contributed by atoms with E-state index in [0.29, 0.717) is 34.7 Å². The Morgan fingerprint density at radius 1 is 0.875 bits per heavy atom. The number of methoxy groups -OCH3 is 1. The van der Waals surface area contributed by atoms with Crippen molar-refractivity contribution in [1.29, 1.82) is 0 Å². The van der Waals surface area contributed by atoms with Gasteiger partial charge in [-0.3, -0.25) is 9.59 Å². The van der Waals surface area contributed by atoms with Crippen molar-refractivity contribution in [2.45, 2.75) is 146 Å². The van der Waals surface area contributed by atoms with E-state index in [-0.39, 0.29) is 36.6 Å². The summed E-state index contributed by atoms with van der Waals surface area (Å²) in [5.41, 5.74) is 13.3. The number of hydrogen-bond donors (Lipinski definition) is 2. The number of nitrogens with one attached hydrogen (secondary N) is 1. The van der Waals surface area contributed by atoms with Gasteiger partial charge in [-0.25, -0.2) is 15.0 Å². The maximum absolute atomic E-state index is 13.6. The van der Waals surface area contributed by atoms with E-state index in [1.165, 1.54) is 57.6 Å². The summed E-state index contributed by atoms with van der Waals surface area (Å²) >= 11 is 0. The second-order valence-corrected chi connectivity index (χ2v) is 19.5. The van der Waals surface area contributed by atoms with Crippen LogP contribution in [0.3, 0.4) is 0 Å². The van der Waals surface area contributed by atoms with Crippen LogP contribution in [0.5, 0.6) is 0 Å². The number of fused-ring (bicyclic) bond motifs is 5. The highest BCUT2D eigenvalue weighted by Gasteiger charge is 2.49. The Hall–Kier alpha value is -5.05. The first kappa shape index (κ1) is 48.4. The third-order valence-corrected chi connectivity index (χ3v) is 14.3. The van der Waals surface area contributed by atoms with Crippen LogP contribution in [0.15, 0.2) is 131 Å². The number of aliphatic hydroxyl groups is 1. The lowest BCUT2D eigenvalue weighted by Crippen LogP contribution is -2.25. The number of carbonyl (C=O) groups is 2. The van der Waals surface area contributed by atoms with Crippen LogP contribution in [0.25, 0.3) is 0 Å². The predicted molar refractivity (Wildman–Crippen MR) is 262 cm³/mol. The number of carbonyl (C=O) groups excluding carboxylic acids is 2. The van der Waals surface area contributed by atoms with E-state index < -0.39 is 11.9 Å². The molecule has 0 aromatic heterocycles. The minimum absolute atomic E-state index is 0.0925. The van der Waals surface area contributed by atoms with Crippen LogP contribution in [0.2, 0.25) is 0 Å². The molecule has 64 heavy (non-hydrogen) atoms. The van der Waals surface area contributed by atoms with Gasteiger partial charge in [0.2, 0.25) is 0 Å². The largest absolute Gasteiger partial charge is 0.510 e. The van der Waals surface area contributed by atoms with Crippen molar-refractivity contribution in [3.63, 3.8) is 0 Å². The highest BCUT2D eigenvalue weighted by Crippen LogP contribution is 2.49. The molecule has 9 heteroatoms. The number of hydrogen-bond acceptors (Lipinski definition) is 9. The summed E-state index contributed by atoms with van der Waals surface area (Å²) in [6, 6.07) is 0. The second-order valence-electron chi connectivity index (χ2n) is 19.5. The molecule has 5 atom stereocenters. The zero-order valence-electron chi connectivity index (χ0n) is 40.7. The van der Waals surface area contributed by atoms with Gasteiger partial charge in [0.1, 0.15) is 18.3 Å². The van der Waals surface area contributed by atoms with Crippen molar-refractivity contribution in [2.24, 2.45) is 50.5 Å². The van der Waals surface area contributed by atoms with Crippen LogP contribution in [-0.4, -0.2) is 47.9 Å². The molecule has 5 heterocycles. The third kappa shape index (κ3) is 10.6. The standard InChI is InChI=1S/C55H74N4O5/c1-13-39-35(8)42-28-44-37(10)41(24-25-48(60)64-27-26-34(7)23-17-22-33(6)21-16-20-32(5)19-15-18-31(3)4)52(58-44)50-51(55(62)63-12)54(61)49-38(11)45(59-53(49)50)30-47-40(14-2)36(9)43(57-47)29-46(39)56-42/h14,26,28-33,37,41,51,58,61H,2,13,15-25,27H2,1,3-12H3/b34-26+,44-28?,46-29?,47-30?,52-50?/t32-,33-,37+,41+,51-/m1/s1.